The Hall–Kier alpha value is -3.55. The van der Waals surface area contributed by atoms with Crippen molar-refractivity contribution in [3.63, 3.8) is 0 Å². The first-order chi connectivity index (χ1) is 15.3. The number of aryl methyl sites for hydroxylation is 1. The fourth-order valence-corrected chi connectivity index (χ4v) is 4.26. The highest BCUT2D eigenvalue weighted by molar-refractivity contribution is 6.16. The van der Waals surface area contributed by atoms with Crippen molar-refractivity contribution in [2.75, 3.05) is 4.90 Å². The Labute approximate surface area is 182 Å². The summed E-state index contributed by atoms with van der Waals surface area (Å²) in [5, 5.41) is 10.1. The topological polar surface area (TPSA) is 66.8 Å². The van der Waals surface area contributed by atoms with Crippen LogP contribution in [0.5, 0.6) is 5.75 Å². The molecular formula is C24H20F3NO4. The predicted molar refractivity (Wildman–Crippen MR) is 113 cm³/mol. The van der Waals surface area contributed by atoms with E-state index in [9.17, 15) is 22.8 Å². The number of hydrogen-bond donors (Lipinski definition) is 1. The molecule has 0 fully saturated rings. The summed E-state index contributed by atoms with van der Waals surface area (Å²) in [7, 11) is 0. The monoisotopic (exact) mass is 443 g/mol. The lowest BCUT2D eigenvalue weighted by atomic mass is 9.92. The third-order valence-electron chi connectivity index (χ3n) is 5.56. The van der Waals surface area contributed by atoms with E-state index in [1.807, 2.05) is 13.0 Å². The Bertz CT molecular complexity index is 1230. The molecule has 0 aliphatic carbocycles. The number of halogens is 3. The number of alkyl halides is 2. The number of carboxylic acid groups (broad SMARTS) is 1. The Balaban J connectivity index is 1.87. The van der Waals surface area contributed by atoms with E-state index in [1.165, 1.54) is 17.0 Å². The van der Waals surface area contributed by atoms with E-state index in [0.717, 1.165) is 23.4 Å². The van der Waals surface area contributed by atoms with E-state index in [4.69, 9.17) is 9.84 Å². The van der Waals surface area contributed by atoms with Crippen molar-refractivity contribution in [1.29, 1.82) is 0 Å². The molecule has 0 bridgehead atoms. The van der Waals surface area contributed by atoms with Gasteiger partial charge in [-0.25, -0.2) is 4.39 Å². The number of carbonyl (C=O) groups excluding carboxylic acids is 1. The molecule has 0 unspecified atom stereocenters. The van der Waals surface area contributed by atoms with Gasteiger partial charge in [-0.3, -0.25) is 9.59 Å². The van der Waals surface area contributed by atoms with Gasteiger partial charge in [-0.2, -0.15) is 8.78 Å². The number of fused-ring (bicyclic) bond motifs is 2. The third-order valence-corrected chi connectivity index (χ3v) is 5.56. The maximum atomic E-state index is 14.5. The predicted octanol–water partition coefficient (Wildman–Crippen LogP) is 5.32. The molecule has 3 aromatic rings. The van der Waals surface area contributed by atoms with Crippen LogP contribution in [0.2, 0.25) is 0 Å². The van der Waals surface area contributed by atoms with Crippen LogP contribution in [0, 0.1) is 5.82 Å². The smallest absolute Gasteiger partial charge is 0.387 e. The second-order valence-electron chi connectivity index (χ2n) is 7.57. The highest BCUT2D eigenvalue weighted by atomic mass is 19.3. The number of ether oxygens (including phenoxy) is 1. The van der Waals surface area contributed by atoms with E-state index in [-0.39, 0.29) is 29.1 Å². The molecular weight excluding hydrogens is 423 g/mol. The van der Waals surface area contributed by atoms with Crippen molar-refractivity contribution in [1.82, 2.24) is 0 Å². The maximum absolute atomic E-state index is 14.5. The van der Waals surface area contributed by atoms with Gasteiger partial charge in [0.25, 0.3) is 5.91 Å². The van der Waals surface area contributed by atoms with Gasteiger partial charge in [0.15, 0.2) is 0 Å². The molecule has 3 aromatic carbocycles. The average Bonchev–Trinajstić information content (AvgIpc) is 3.08. The molecule has 0 aromatic heterocycles. The van der Waals surface area contributed by atoms with Crippen molar-refractivity contribution >= 4 is 28.3 Å². The molecule has 1 aliphatic rings. The van der Waals surface area contributed by atoms with Gasteiger partial charge in [-0.05, 0) is 40.6 Å². The summed E-state index contributed by atoms with van der Waals surface area (Å²) < 4.78 is 45.8. The summed E-state index contributed by atoms with van der Waals surface area (Å²) in [6, 6.07) is 10.8. The molecule has 0 radical (unpaired) electrons. The van der Waals surface area contributed by atoms with E-state index in [2.05, 4.69) is 0 Å². The molecule has 0 atom stereocenters. The number of carbonyl (C=O) groups is 2. The Morgan fingerprint density at radius 3 is 2.53 bits per heavy atom. The molecule has 1 N–H and O–H groups in total. The highest BCUT2D eigenvalue weighted by Crippen LogP contribution is 2.43. The lowest BCUT2D eigenvalue weighted by molar-refractivity contribution is -0.136. The number of anilines is 1. The Kier molecular flexibility index (Phi) is 5.78. The van der Waals surface area contributed by atoms with Crippen molar-refractivity contribution in [2.24, 2.45) is 0 Å². The molecule has 0 saturated carbocycles. The van der Waals surface area contributed by atoms with Gasteiger partial charge >= 0.3 is 12.6 Å². The van der Waals surface area contributed by atoms with Crippen LogP contribution >= 0.6 is 0 Å². The zero-order valence-corrected chi connectivity index (χ0v) is 17.2. The second kappa shape index (κ2) is 8.53. The lowest BCUT2D eigenvalue weighted by Crippen LogP contribution is -2.23. The van der Waals surface area contributed by atoms with E-state index in [1.54, 1.807) is 18.2 Å². The molecule has 1 aliphatic heterocycles. The SMILES string of the molecule is CCCc1c2c(c(OC(F)F)c3ccccc13)C(=O)N(c1ccc(CC(=O)O)c(F)c1)C2. The number of benzene rings is 3. The third kappa shape index (κ3) is 3.77. The summed E-state index contributed by atoms with van der Waals surface area (Å²) in [4.78, 5) is 25.6. The fraction of sp³-hybridized carbons (Fsp3) is 0.250. The van der Waals surface area contributed by atoms with Gasteiger partial charge in [0.1, 0.15) is 11.6 Å². The minimum atomic E-state index is -3.12. The highest BCUT2D eigenvalue weighted by Gasteiger charge is 2.36. The number of amides is 1. The van der Waals surface area contributed by atoms with Gasteiger partial charge in [-0.1, -0.05) is 43.7 Å². The summed E-state index contributed by atoms with van der Waals surface area (Å²) in [6.07, 6.45) is 0.918. The van der Waals surface area contributed by atoms with Gasteiger partial charge in [-0.15, -0.1) is 0 Å². The van der Waals surface area contributed by atoms with Crippen LogP contribution < -0.4 is 9.64 Å². The lowest BCUT2D eigenvalue weighted by Gasteiger charge is -2.17. The normalized spacial score (nSPS) is 13.2. The number of aliphatic carboxylic acids is 1. The summed E-state index contributed by atoms with van der Waals surface area (Å²) in [5.74, 6) is -2.67. The molecule has 4 rings (SSSR count). The van der Waals surface area contributed by atoms with Crippen LogP contribution in [0.1, 0.15) is 40.4 Å². The van der Waals surface area contributed by atoms with Crippen LogP contribution in [0.4, 0.5) is 18.9 Å². The van der Waals surface area contributed by atoms with Crippen LogP contribution in [-0.4, -0.2) is 23.6 Å². The molecule has 1 heterocycles. The molecule has 1 amide bonds. The van der Waals surface area contributed by atoms with Gasteiger partial charge in [0.2, 0.25) is 0 Å². The van der Waals surface area contributed by atoms with Crippen LogP contribution in [0.15, 0.2) is 42.5 Å². The van der Waals surface area contributed by atoms with Crippen LogP contribution in [0.25, 0.3) is 10.8 Å². The summed E-state index contributed by atoms with van der Waals surface area (Å²) in [6.45, 7) is -1.06. The molecule has 0 saturated heterocycles. The number of rotatable bonds is 7. The van der Waals surface area contributed by atoms with Crippen LogP contribution in [0.3, 0.4) is 0 Å². The zero-order chi connectivity index (χ0) is 23.0. The van der Waals surface area contributed by atoms with Crippen molar-refractivity contribution in [3.8, 4) is 5.75 Å². The number of carboxylic acids is 1. The van der Waals surface area contributed by atoms with Gasteiger partial charge in [0.05, 0.1) is 18.5 Å². The first-order valence-electron chi connectivity index (χ1n) is 10.1. The standard InChI is InChI=1S/C24H20F3NO4/c1-2-5-15-16-6-3-4-7-17(16)22(32-24(26)27)21-18(15)12-28(23(21)31)14-9-8-13(10-20(29)30)19(25)11-14/h3-4,6-9,11,24H,2,5,10,12H2,1H3,(H,29,30). The first kappa shape index (κ1) is 21.7. The van der Waals surface area contributed by atoms with Gasteiger partial charge in [0, 0.05) is 11.1 Å². The fourth-order valence-electron chi connectivity index (χ4n) is 4.26. The summed E-state index contributed by atoms with van der Waals surface area (Å²) in [5.41, 5.74) is 1.72. The quantitative estimate of drug-likeness (QED) is 0.537. The van der Waals surface area contributed by atoms with Gasteiger partial charge < -0.3 is 14.7 Å². The number of hydrogen-bond acceptors (Lipinski definition) is 3. The minimum absolute atomic E-state index is 0.00968. The average molecular weight is 443 g/mol. The van der Waals surface area contributed by atoms with Crippen molar-refractivity contribution in [2.45, 2.75) is 39.3 Å². The van der Waals surface area contributed by atoms with Crippen molar-refractivity contribution < 1.29 is 32.6 Å². The summed E-state index contributed by atoms with van der Waals surface area (Å²) >= 11 is 0. The van der Waals surface area contributed by atoms with E-state index >= 15 is 0 Å². The number of nitrogens with zero attached hydrogens (tertiary/aromatic N) is 1. The Morgan fingerprint density at radius 1 is 1.19 bits per heavy atom. The van der Waals surface area contributed by atoms with E-state index < -0.39 is 30.7 Å². The molecule has 32 heavy (non-hydrogen) atoms. The molecule has 5 nitrogen and oxygen atoms in total. The maximum Gasteiger partial charge on any atom is 0.387 e. The Morgan fingerprint density at radius 2 is 1.91 bits per heavy atom. The molecule has 8 heteroatoms. The molecule has 0 spiro atoms. The minimum Gasteiger partial charge on any atom is -0.481 e. The largest absolute Gasteiger partial charge is 0.481 e. The second-order valence-corrected chi connectivity index (χ2v) is 7.57. The van der Waals surface area contributed by atoms with Crippen molar-refractivity contribution in [3.05, 3.63) is 70.5 Å². The van der Waals surface area contributed by atoms with E-state index in [0.29, 0.717) is 17.4 Å². The van der Waals surface area contributed by atoms with Crippen LogP contribution in [-0.2, 0) is 24.2 Å². The zero-order valence-electron chi connectivity index (χ0n) is 17.2. The molecule has 166 valence electrons. The first-order valence-corrected chi connectivity index (χ1v) is 10.1.